The summed E-state index contributed by atoms with van der Waals surface area (Å²) in [5.41, 5.74) is 2.97. The minimum Gasteiger partial charge on any atom is -0.353 e. The minimum absolute atomic E-state index is 0.00967. The van der Waals surface area contributed by atoms with Gasteiger partial charge in [-0.15, -0.1) is 5.10 Å². The highest BCUT2D eigenvalue weighted by Crippen LogP contribution is 2.28. The highest BCUT2D eigenvalue weighted by molar-refractivity contribution is 5.96. The summed E-state index contributed by atoms with van der Waals surface area (Å²) in [6.45, 7) is 1.17. The Morgan fingerprint density at radius 2 is 2.19 bits per heavy atom. The Morgan fingerprint density at radius 1 is 1.31 bits per heavy atom. The molecule has 1 aliphatic rings. The molecule has 26 heavy (non-hydrogen) atoms. The van der Waals surface area contributed by atoms with Crippen molar-refractivity contribution in [1.29, 1.82) is 0 Å². The van der Waals surface area contributed by atoms with Crippen molar-refractivity contribution in [2.75, 3.05) is 23.3 Å². The van der Waals surface area contributed by atoms with Gasteiger partial charge in [-0.25, -0.2) is 14.6 Å². The number of nitrogens with zero attached hydrogens (tertiary/aromatic N) is 7. The number of H-pyrrole nitrogens is 1. The quantitative estimate of drug-likeness (QED) is 0.559. The van der Waals surface area contributed by atoms with Gasteiger partial charge in [0.05, 0.1) is 17.6 Å². The highest BCUT2D eigenvalue weighted by atomic mass is 16.2. The molecule has 0 atom stereocenters. The van der Waals surface area contributed by atoms with E-state index in [4.69, 9.17) is 0 Å². The number of carbonyl (C=O) groups is 1. The lowest BCUT2D eigenvalue weighted by atomic mass is 9.99. The van der Waals surface area contributed by atoms with E-state index in [0.29, 0.717) is 30.1 Å². The average Bonchev–Trinajstić information content (AvgIpc) is 3.20. The third kappa shape index (κ3) is 2.26. The van der Waals surface area contributed by atoms with Crippen LogP contribution in [0.25, 0.3) is 22.1 Å². The lowest BCUT2D eigenvalue weighted by Crippen LogP contribution is -2.52. The molecular formula is C16H15N9O. The number of rotatable bonds is 3. The van der Waals surface area contributed by atoms with Crippen molar-refractivity contribution in [3.63, 3.8) is 0 Å². The SMILES string of the molecule is Cn1nnc2c(N3CC(C(=O)Nc4ccc5cn[nH]c5c4)C3)ncnc21. The van der Waals surface area contributed by atoms with Crippen LogP contribution in [0.15, 0.2) is 30.7 Å². The summed E-state index contributed by atoms with van der Waals surface area (Å²) >= 11 is 0. The molecule has 1 aliphatic heterocycles. The first-order valence-corrected chi connectivity index (χ1v) is 8.18. The van der Waals surface area contributed by atoms with Gasteiger partial charge in [0, 0.05) is 31.2 Å². The number of aromatic nitrogens is 7. The molecule has 0 radical (unpaired) electrons. The number of hydrogen-bond acceptors (Lipinski definition) is 7. The molecule has 0 spiro atoms. The van der Waals surface area contributed by atoms with Crippen molar-refractivity contribution in [1.82, 2.24) is 35.2 Å². The van der Waals surface area contributed by atoms with E-state index in [1.165, 1.54) is 6.33 Å². The van der Waals surface area contributed by atoms with E-state index in [1.54, 1.807) is 17.9 Å². The van der Waals surface area contributed by atoms with Gasteiger partial charge in [0.15, 0.2) is 17.0 Å². The van der Waals surface area contributed by atoms with Crippen LogP contribution in [0, 0.1) is 5.92 Å². The van der Waals surface area contributed by atoms with Crippen LogP contribution >= 0.6 is 0 Å². The van der Waals surface area contributed by atoms with E-state index in [2.05, 4.69) is 35.8 Å². The van der Waals surface area contributed by atoms with Gasteiger partial charge >= 0.3 is 0 Å². The molecule has 4 heterocycles. The molecular weight excluding hydrogens is 334 g/mol. The van der Waals surface area contributed by atoms with Crippen molar-refractivity contribution in [3.8, 4) is 0 Å². The molecule has 4 aromatic rings. The smallest absolute Gasteiger partial charge is 0.231 e. The topological polar surface area (TPSA) is 118 Å². The van der Waals surface area contributed by atoms with E-state index < -0.39 is 0 Å². The van der Waals surface area contributed by atoms with Gasteiger partial charge in [-0.3, -0.25) is 9.89 Å². The number of nitrogens with one attached hydrogen (secondary N) is 2. The maximum atomic E-state index is 12.5. The third-order valence-electron chi connectivity index (χ3n) is 4.63. The van der Waals surface area contributed by atoms with Crippen LogP contribution in [0.2, 0.25) is 0 Å². The van der Waals surface area contributed by atoms with Crippen LogP contribution < -0.4 is 10.2 Å². The van der Waals surface area contributed by atoms with Crippen molar-refractivity contribution in [3.05, 3.63) is 30.7 Å². The lowest BCUT2D eigenvalue weighted by Gasteiger charge is -2.38. The van der Waals surface area contributed by atoms with Gasteiger partial charge in [0.2, 0.25) is 5.91 Å². The summed E-state index contributed by atoms with van der Waals surface area (Å²) in [6, 6.07) is 5.68. The molecule has 10 heteroatoms. The van der Waals surface area contributed by atoms with Crippen LogP contribution in [0.5, 0.6) is 0 Å². The minimum atomic E-state index is -0.103. The monoisotopic (exact) mass is 349 g/mol. The molecule has 1 amide bonds. The Hall–Kier alpha value is -3.56. The Morgan fingerprint density at radius 3 is 3.08 bits per heavy atom. The van der Waals surface area contributed by atoms with E-state index in [1.807, 2.05) is 23.1 Å². The summed E-state index contributed by atoms with van der Waals surface area (Å²) in [4.78, 5) is 23.0. The second-order valence-corrected chi connectivity index (χ2v) is 6.35. The second-order valence-electron chi connectivity index (χ2n) is 6.35. The zero-order valence-electron chi connectivity index (χ0n) is 13.9. The van der Waals surface area contributed by atoms with Gasteiger partial charge in [-0.2, -0.15) is 5.10 Å². The van der Waals surface area contributed by atoms with E-state index in [9.17, 15) is 4.79 Å². The van der Waals surface area contributed by atoms with Gasteiger partial charge in [0.1, 0.15) is 6.33 Å². The van der Waals surface area contributed by atoms with Crippen LogP contribution in [0.3, 0.4) is 0 Å². The molecule has 0 unspecified atom stereocenters. The average molecular weight is 349 g/mol. The first-order chi connectivity index (χ1) is 12.7. The van der Waals surface area contributed by atoms with Crippen molar-refractivity contribution in [2.45, 2.75) is 0 Å². The zero-order valence-corrected chi connectivity index (χ0v) is 13.9. The van der Waals surface area contributed by atoms with Gasteiger partial charge in [0.25, 0.3) is 0 Å². The van der Waals surface area contributed by atoms with E-state index >= 15 is 0 Å². The first kappa shape index (κ1) is 14.8. The van der Waals surface area contributed by atoms with E-state index in [-0.39, 0.29) is 11.8 Å². The predicted molar refractivity (Wildman–Crippen MR) is 94.5 cm³/mol. The number of hydrogen-bond donors (Lipinski definition) is 2. The third-order valence-corrected chi connectivity index (χ3v) is 4.63. The van der Waals surface area contributed by atoms with Gasteiger partial charge in [-0.05, 0) is 18.2 Å². The Labute approximate surface area is 147 Å². The molecule has 0 bridgehead atoms. The van der Waals surface area contributed by atoms with Gasteiger partial charge < -0.3 is 10.2 Å². The van der Waals surface area contributed by atoms with Crippen LogP contribution in [0.1, 0.15) is 0 Å². The highest BCUT2D eigenvalue weighted by Gasteiger charge is 2.35. The number of carbonyl (C=O) groups excluding carboxylic acids is 1. The van der Waals surface area contributed by atoms with Crippen LogP contribution in [-0.2, 0) is 11.8 Å². The second kappa shape index (κ2) is 5.48. The number of amides is 1. The maximum Gasteiger partial charge on any atom is 0.231 e. The summed E-state index contributed by atoms with van der Waals surface area (Å²) < 4.78 is 1.61. The number of aryl methyl sites for hydroxylation is 1. The molecule has 3 aromatic heterocycles. The van der Waals surface area contributed by atoms with Gasteiger partial charge in [-0.1, -0.05) is 5.21 Å². The molecule has 130 valence electrons. The van der Waals surface area contributed by atoms with Crippen molar-refractivity contribution in [2.24, 2.45) is 13.0 Å². The van der Waals surface area contributed by atoms with Crippen LogP contribution in [0.4, 0.5) is 11.5 Å². The van der Waals surface area contributed by atoms with Crippen LogP contribution in [-0.4, -0.2) is 54.2 Å². The Kier molecular flexibility index (Phi) is 3.11. The number of benzene rings is 1. The molecule has 0 saturated carbocycles. The Bertz CT molecular complexity index is 1130. The molecule has 10 nitrogen and oxygen atoms in total. The first-order valence-electron chi connectivity index (χ1n) is 8.18. The molecule has 1 saturated heterocycles. The normalized spacial score (nSPS) is 14.7. The molecule has 1 aromatic carbocycles. The largest absolute Gasteiger partial charge is 0.353 e. The summed E-state index contributed by atoms with van der Waals surface area (Å²) in [7, 11) is 1.79. The summed E-state index contributed by atoms with van der Waals surface area (Å²) in [5, 5.41) is 19.0. The lowest BCUT2D eigenvalue weighted by molar-refractivity contribution is -0.120. The maximum absolute atomic E-state index is 12.5. The molecule has 5 rings (SSSR count). The summed E-state index contributed by atoms with van der Waals surface area (Å²) in [5.74, 6) is 0.602. The van der Waals surface area contributed by atoms with Crippen molar-refractivity contribution >= 4 is 39.5 Å². The number of aromatic amines is 1. The molecule has 2 N–H and O–H groups in total. The molecule has 1 fully saturated rings. The summed E-state index contributed by atoms with van der Waals surface area (Å²) in [6.07, 6.45) is 3.24. The predicted octanol–water partition coefficient (Wildman–Crippen LogP) is 0.709. The molecule has 0 aliphatic carbocycles. The number of anilines is 2. The fraction of sp³-hybridized carbons (Fsp3) is 0.250. The van der Waals surface area contributed by atoms with E-state index in [0.717, 1.165) is 16.6 Å². The fourth-order valence-electron chi connectivity index (χ4n) is 3.15. The Balaban J connectivity index is 1.29. The standard InChI is InChI=1S/C16H15N9O/c1-24-14-13(22-23-24)15(18-8-17-14)25-6-10(7-25)16(26)20-11-3-2-9-5-19-21-12(9)4-11/h2-5,8,10H,6-7H2,1H3,(H,19,21)(H,20,26). The van der Waals surface area contributed by atoms with Crippen molar-refractivity contribution < 1.29 is 4.79 Å². The zero-order chi connectivity index (χ0) is 17.7. The number of fused-ring (bicyclic) bond motifs is 2. The fourth-order valence-corrected chi connectivity index (χ4v) is 3.15.